The number of hydrogen-bond donors (Lipinski definition) is 2. The molecule has 2 atom stereocenters. The van der Waals surface area contributed by atoms with E-state index in [0.29, 0.717) is 24.6 Å². The minimum atomic E-state index is -0.857. The number of aromatic nitrogens is 2. The van der Waals surface area contributed by atoms with E-state index in [9.17, 15) is 14.7 Å². The molecule has 2 unspecified atom stereocenters. The molecule has 0 bridgehead atoms. The van der Waals surface area contributed by atoms with Crippen LogP contribution in [-0.4, -0.2) is 26.8 Å². The summed E-state index contributed by atoms with van der Waals surface area (Å²) in [6.07, 6.45) is 1.98. The lowest BCUT2D eigenvalue weighted by atomic mass is 10.0. The largest absolute Gasteiger partial charge is 0.481 e. The van der Waals surface area contributed by atoms with Gasteiger partial charge < -0.3 is 10.4 Å². The molecule has 2 aromatic rings. The lowest BCUT2D eigenvalue weighted by Crippen LogP contribution is -2.30. The summed E-state index contributed by atoms with van der Waals surface area (Å²) < 4.78 is 1.69. The zero-order valence-corrected chi connectivity index (χ0v) is 13.8. The lowest BCUT2D eigenvalue weighted by molar-refractivity contribution is -0.138. The third-order valence-corrected chi connectivity index (χ3v) is 4.31. The molecule has 3 rings (SSSR count). The molecule has 1 heterocycles. The third kappa shape index (κ3) is 3.04. The Hall–Kier alpha value is -2.63. The van der Waals surface area contributed by atoms with Crippen LogP contribution >= 0.6 is 0 Å². The summed E-state index contributed by atoms with van der Waals surface area (Å²) in [5.74, 6) is -1.28. The van der Waals surface area contributed by atoms with Crippen molar-refractivity contribution in [3.63, 3.8) is 0 Å². The maximum absolute atomic E-state index is 12.6. The van der Waals surface area contributed by atoms with Crippen LogP contribution in [0.1, 0.15) is 53.8 Å². The van der Waals surface area contributed by atoms with E-state index in [2.05, 4.69) is 24.3 Å². The molecule has 0 saturated carbocycles. The number of hydrogen-bond acceptors (Lipinski definition) is 3. The molecule has 1 aliphatic carbocycles. The lowest BCUT2D eigenvalue weighted by Gasteiger charge is -2.15. The van der Waals surface area contributed by atoms with Gasteiger partial charge in [0, 0.05) is 12.7 Å². The molecule has 6 heteroatoms. The number of carbonyl (C=O) groups is 2. The van der Waals surface area contributed by atoms with Gasteiger partial charge in [-0.05, 0) is 29.5 Å². The van der Waals surface area contributed by atoms with Crippen molar-refractivity contribution in [2.75, 3.05) is 0 Å². The van der Waals surface area contributed by atoms with Gasteiger partial charge in [-0.3, -0.25) is 14.3 Å². The first-order chi connectivity index (χ1) is 11.5. The Morgan fingerprint density at radius 2 is 2.00 bits per heavy atom. The highest BCUT2D eigenvalue weighted by atomic mass is 16.4. The number of aliphatic carboxylic acids is 1. The molecule has 1 aliphatic rings. The molecule has 0 spiro atoms. The number of carboxylic acids is 1. The maximum Gasteiger partial charge on any atom is 0.311 e. The molecule has 1 aromatic carbocycles. The number of carbonyl (C=O) groups excluding carboxylic acids is 1. The Balaban J connectivity index is 1.81. The number of amides is 1. The first kappa shape index (κ1) is 16.2. The standard InChI is InChI=1S/C18H21N3O3/c1-11(2)10-21-16(7-8-19-21)17(22)20-15-9-14(18(23)24)12-5-3-4-6-13(12)15/h3-8,11,14-15H,9-10H2,1-2H3,(H,20,22)(H,23,24). The minimum absolute atomic E-state index is 0.223. The molecular formula is C18H21N3O3. The van der Waals surface area contributed by atoms with Crippen molar-refractivity contribution in [2.45, 2.75) is 38.8 Å². The first-order valence-electron chi connectivity index (χ1n) is 8.11. The van der Waals surface area contributed by atoms with Crippen molar-refractivity contribution < 1.29 is 14.7 Å². The zero-order valence-electron chi connectivity index (χ0n) is 13.8. The predicted octanol–water partition coefficient (Wildman–Crippen LogP) is 2.58. The molecule has 0 saturated heterocycles. The van der Waals surface area contributed by atoms with Gasteiger partial charge in [-0.2, -0.15) is 5.10 Å². The molecule has 2 N–H and O–H groups in total. The molecule has 0 fully saturated rings. The summed E-state index contributed by atoms with van der Waals surface area (Å²) in [5, 5.41) is 16.6. The summed E-state index contributed by atoms with van der Waals surface area (Å²) in [6.45, 7) is 4.79. The number of carboxylic acid groups (broad SMARTS) is 1. The first-order valence-corrected chi connectivity index (χ1v) is 8.11. The highest BCUT2D eigenvalue weighted by molar-refractivity contribution is 5.93. The molecular weight excluding hydrogens is 306 g/mol. The highest BCUT2D eigenvalue weighted by Gasteiger charge is 2.36. The van der Waals surface area contributed by atoms with Gasteiger partial charge in [0.1, 0.15) is 5.69 Å². The smallest absolute Gasteiger partial charge is 0.311 e. The van der Waals surface area contributed by atoms with Gasteiger partial charge in [0.25, 0.3) is 5.91 Å². The molecule has 0 radical (unpaired) electrons. The van der Waals surface area contributed by atoms with E-state index in [1.54, 1.807) is 16.9 Å². The second-order valence-electron chi connectivity index (χ2n) is 6.57. The topological polar surface area (TPSA) is 84.2 Å². The van der Waals surface area contributed by atoms with Gasteiger partial charge >= 0.3 is 5.97 Å². The molecule has 1 aromatic heterocycles. The van der Waals surface area contributed by atoms with E-state index in [4.69, 9.17) is 0 Å². The summed E-state index contributed by atoms with van der Waals surface area (Å²) in [4.78, 5) is 24.1. The van der Waals surface area contributed by atoms with Crippen LogP contribution in [0.3, 0.4) is 0 Å². The third-order valence-electron chi connectivity index (χ3n) is 4.31. The SMILES string of the molecule is CC(C)Cn1nccc1C(=O)NC1CC(C(=O)O)c2ccccc21. The van der Waals surface area contributed by atoms with Crippen molar-refractivity contribution in [2.24, 2.45) is 5.92 Å². The van der Waals surface area contributed by atoms with Crippen molar-refractivity contribution in [3.8, 4) is 0 Å². The summed E-state index contributed by atoms with van der Waals surface area (Å²) in [5.41, 5.74) is 2.17. The molecule has 24 heavy (non-hydrogen) atoms. The van der Waals surface area contributed by atoms with Crippen LogP contribution in [0.4, 0.5) is 0 Å². The average molecular weight is 327 g/mol. The number of rotatable bonds is 5. The van der Waals surface area contributed by atoms with Gasteiger partial charge in [0.2, 0.25) is 0 Å². The van der Waals surface area contributed by atoms with Crippen LogP contribution in [0.5, 0.6) is 0 Å². The Morgan fingerprint density at radius 3 is 2.67 bits per heavy atom. The van der Waals surface area contributed by atoms with Crippen molar-refractivity contribution in [3.05, 3.63) is 53.3 Å². The summed E-state index contributed by atoms with van der Waals surface area (Å²) in [6, 6.07) is 8.80. The van der Waals surface area contributed by atoms with E-state index >= 15 is 0 Å². The van der Waals surface area contributed by atoms with E-state index in [1.165, 1.54) is 0 Å². The maximum atomic E-state index is 12.6. The Labute approximate surface area is 140 Å². The number of nitrogens with zero attached hydrogens (tertiary/aromatic N) is 2. The molecule has 6 nitrogen and oxygen atoms in total. The fourth-order valence-corrected chi connectivity index (χ4v) is 3.25. The van der Waals surface area contributed by atoms with Crippen LogP contribution in [0.2, 0.25) is 0 Å². The van der Waals surface area contributed by atoms with E-state index < -0.39 is 11.9 Å². The number of benzene rings is 1. The zero-order chi connectivity index (χ0) is 17.3. The van der Waals surface area contributed by atoms with Crippen molar-refractivity contribution >= 4 is 11.9 Å². The van der Waals surface area contributed by atoms with E-state index in [-0.39, 0.29) is 11.9 Å². The van der Waals surface area contributed by atoms with Gasteiger partial charge in [0.15, 0.2) is 0 Å². The van der Waals surface area contributed by atoms with Crippen LogP contribution in [0.25, 0.3) is 0 Å². The van der Waals surface area contributed by atoms with Crippen LogP contribution in [0.15, 0.2) is 36.5 Å². The van der Waals surface area contributed by atoms with E-state index in [0.717, 1.165) is 11.1 Å². The van der Waals surface area contributed by atoms with Crippen LogP contribution in [-0.2, 0) is 11.3 Å². The fraction of sp³-hybridized carbons (Fsp3) is 0.389. The van der Waals surface area contributed by atoms with Gasteiger partial charge in [-0.1, -0.05) is 38.1 Å². The summed E-state index contributed by atoms with van der Waals surface area (Å²) in [7, 11) is 0. The Kier molecular flexibility index (Phi) is 4.38. The normalized spacial score (nSPS) is 19.3. The predicted molar refractivity (Wildman–Crippen MR) is 88.7 cm³/mol. The van der Waals surface area contributed by atoms with Gasteiger partial charge in [0.05, 0.1) is 12.0 Å². The second kappa shape index (κ2) is 6.47. The molecule has 126 valence electrons. The van der Waals surface area contributed by atoms with Gasteiger partial charge in [-0.15, -0.1) is 0 Å². The average Bonchev–Trinajstić information content (AvgIpc) is 3.12. The van der Waals surface area contributed by atoms with Crippen LogP contribution < -0.4 is 5.32 Å². The van der Waals surface area contributed by atoms with Crippen LogP contribution in [0, 0.1) is 5.92 Å². The van der Waals surface area contributed by atoms with Crippen molar-refractivity contribution in [1.29, 1.82) is 0 Å². The van der Waals surface area contributed by atoms with E-state index in [1.807, 2.05) is 24.3 Å². The summed E-state index contributed by atoms with van der Waals surface area (Å²) >= 11 is 0. The second-order valence-corrected chi connectivity index (χ2v) is 6.57. The fourth-order valence-electron chi connectivity index (χ4n) is 3.25. The Morgan fingerprint density at radius 1 is 1.29 bits per heavy atom. The van der Waals surface area contributed by atoms with Crippen molar-refractivity contribution in [1.82, 2.24) is 15.1 Å². The highest BCUT2D eigenvalue weighted by Crippen LogP contribution is 2.40. The molecule has 0 aliphatic heterocycles. The number of nitrogens with one attached hydrogen (secondary N) is 1. The Bertz CT molecular complexity index is 766. The molecule has 1 amide bonds. The van der Waals surface area contributed by atoms with Gasteiger partial charge in [-0.25, -0.2) is 0 Å². The number of fused-ring (bicyclic) bond motifs is 1. The quantitative estimate of drug-likeness (QED) is 0.884. The minimum Gasteiger partial charge on any atom is -0.481 e. The monoisotopic (exact) mass is 327 g/mol.